The van der Waals surface area contributed by atoms with Gasteiger partial charge < -0.3 is 10.2 Å². The molecular weight excluding hydrogens is 256 g/mol. The van der Waals surface area contributed by atoms with Gasteiger partial charge in [0, 0.05) is 0 Å². The van der Waals surface area contributed by atoms with Crippen molar-refractivity contribution >= 4 is 11.9 Å². The summed E-state index contributed by atoms with van der Waals surface area (Å²) in [6.07, 6.45) is 0. The van der Waals surface area contributed by atoms with Crippen LogP contribution < -0.4 is 0 Å². The average Bonchev–Trinajstić information content (AvgIpc) is 2.39. The zero-order valence-corrected chi connectivity index (χ0v) is 11.3. The van der Waals surface area contributed by atoms with Gasteiger partial charge in [0.2, 0.25) is 0 Å². The molecule has 2 aromatic rings. The molecule has 0 saturated heterocycles. The third-order valence-electron chi connectivity index (χ3n) is 2.56. The third kappa shape index (κ3) is 4.57. The fourth-order valence-electron chi connectivity index (χ4n) is 1.66. The number of aromatic carboxylic acids is 2. The molecule has 0 unspecified atom stereocenters. The second kappa shape index (κ2) is 7.09. The van der Waals surface area contributed by atoms with Crippen LogP contribution in [0.4, 0.5) is 0 Å². The molecule has 20 heavy (non-hydrogen) atoms. The van der Waals surface area contributed by atoms with Crippen LogP contribution in [0.3, 0.4) is 0 Å². The first-order valence-corrected chi connectivity index (χ1v) is 6.00. The molecule has 2 aromatic carbocycles. The van der Waals surface area contributed by atoms with Crippen LogP contribution in [0.15, 0.2) is 48.5 Å². The summed E-state index contributed by atoms with van der Waals surface area (Å²) < 4.78 is 0. The highest BCUT2D eigenvalue weighted by molar-refractivity contribution is 6.01. The predicted molar refractivity (Wildman–Crippen MR) is 76.3 cm³/mol. The number of benzene rings is 2. The van der Waals surface area contributed by atoms with Gasteiger partial charge in [0.1, 0.15) is 0 Å². The van der Waals surface area contributed by atoms with E-state index in [1.165, 1.54) is 35.4 Å². The van der Waals surface area contributed by atoms with Crippen LogP contribution in [-0.4, -0.2) is 22.2 Å². The number of carboxylic acid groups (broad SMARTS) is 2. The summed E-state index contributed by atoms with van der Waals surface area (Å²) in [4.78, 5) is 20.9. The van der Waals surface area contributed by atoms with Crippen molar-refractivity contribution in [3.8, 4) is 0 Å². The Morgan fingerprint density at radius 2 is 1.15 bits per heavy atom. The molecule has 2 rings (SSSR count). The molecule has 0 aromatic heterocycles. The zero-order chi connectivity index (χ0) is 15.1. The third-order valence-corrected chi connectivity index (χ3v) is 2.56. The number of hydrogen-bond acceptors (Lipinski definition) is 2. The Labute approximate surface area is 117 Å². The standard InChI is InChI=1S/C8H6O4.C8H10/c9-7(10)5-3-1-2-4-6(5)8(11)12;1-7-4-3-5-8(2)6-7/h1-4H,(H,9,10)(H,11,12);3-6H,1-2H3. The molecule has 4 nitrogen and oxygen atoms in total. The second-order valence-electron chi connectivity index (χ2n) is 4.31. The Bertz CT molecular complexity index is 567. The van der Waals surface area contributed by atoms with Crippen molar-refractivity contribution in [2.75, 3.05) is 0 Å². The van der Waals surface area contributed by atoms with Crippen molar-refractivity contribution in [1.29, 1.82) is 0 Å². The first-order valence-electron chi connectivity index (χ1n) is 6.00. The van der Waals surface area contributed by atoms with E-state index in [-0.39, 0.29) is 11.1 Å². The Hall–Kier alpha value is -2.62. The summed E-state index contributed by atoms with van der Waals surface area (Å²) in [5.41, 5.74) is 2.30. The molecule has 0 aliphatic carbocycles. The number of carboxylic acids is 2. The first kappa shape index (κ1) is 15.4. The molecule has 0 fully saturated rings. The molecule has 0 spiro atoms. The SMILES string of the molecule is Cc1cccc(C)c1.O=C(O)c1ccccc1C(=O)O. The summed E-state index contributed by atoms with van der Waals surface area (Å²) in [5.74, 6) is -2.46. The molecule has 0 aliphatic heterocycles. The van der Waals surface area contributed by atoms with Gasteiger partial charge in [0.05, 0.1) is 11.1 Å². The van der Waals surface area contributed by atoms with E-state index in [0.29, 0.717) is 0 Å². The molecule has 0 aliphatic rings. The van der Waals surface area contributed by atoms with Crippen molar-refractivity contribution in [2.45, 2.75) is 13.8 Å². The first-order chi connectivity index (χ1) is 9.41. The lowest BCUT2D eigenvalue weighted by Gasteiger charge is -1.98. The largest absolute Gasteiger partial charge is 0.478 e. The predicted octanol–water partition coefficient (Wildman–Crippen LogP) is 3.39. The maximum Gasteiger partial charge on any atom is 0.336 e. The van der Waals surface area contributed by atoms with Crippen LogP contribution in [0.1, 0.15) is 31.8 Å². The number of aryl methyl sites for hydroxylation is 2. The molecule has 0 heterocycles. The maximum atomic E-state index is 10.5. The fraction of sp³-hybridized carbons (Fsp3) is 0.125. The number of carbonyl (C=O) groups is 2. The van der Waals surface area contributed by atoms with Crippen LogP contribution in [0.2, 0.25) is 0 Å². The minimum atomic E-state index is -1.23. The van der Waals surface area contributed by atoms with Gasteiger partial charge in [-0.3, -0.25) is 0 Å². The van der Waals surface area contributed by atoms with Crippen molar-refractivity contribution in [3.63, 3.8) is 0 Å². The lowest BCUT2D eigenvalue weighted by Crippen LogP contribution is -2.06. The maximum absolute atomic E-state index is 10.5. The topological polar surface area (TPSA) is 74.6 Å². The lowest BCUT2D eigenvalue weighted by molar-refractivity contribution is 0.0651. The van der Waals surface area contributed by atoms with Crippen molar-refractivity contribution in [3.05, 3.63) is 70.8 Å². The zero-order valence-electron chi connectivity index (χ0n) is 11.3. The normalized spacial score (nSPS) is 9.30. The van der Waals surface area contributed by atoms with Gasteiger partial charge in [-0.1, -0.05) is 47.5 Å². The van der Waals surface area contributed by atoms with Crippen LogP contribution in [-0.2, 0) is 0 Å². The van der Waals surface area contributed by atoms with E-state index in [0.717, 1.165) is 0 Å². The van der Waals surface area contributed by atoms with E-state index < -0.39 is 11.9 Å². The summed E-state index contributed by atoms with van der Waals surface area (Å²) in [6.45, 7) is 4.21. The molecule has 0 amide bonds. The van der Waals surface area contributed by atoms with Crippen LogP contribution >= 0.6 is 0 Å². The van der Waals surface area contributed by atoms with E-state index in [2.05, 4.69) is 38.1 Å². The molecule has 0 radical (unpaired) electrons. The summed E-state index contributed by atoms with van der Waals surface area (Å²) in [5, 5.41) is 17.1. The van der Waals surface area contributed by atoms with E-state index in [1.54, 1.807) is 0 Å². The van der Waals surface area contributed by atoms with E-state index in [9.17, 15) is 9.59 Å². The minimum Gasteiger partial charge on any atom is -0.478 e. The Balaban J connectivity index is 0.000000217. The van der Waals surface area contributed by atoms with Gasteiger partial charge in [-0.15, -0.1) is 0 Å². The molecule has 2 N–H and O–H groups in total. The quantitative estimate of drug-likeness (QED) is 0.878. The van der Waals surface area contributed by atoms with E-state index in [1.807, 2.05) is 0 Å². The van der Waals surface area contributed by atoms with Crippen molar-refractivity contribution < 1.29 is 19.8 Å². The summed E-state index contributed by atoms with van der Waals surface area (Å²) in [7, 11) is 0. The second-order valence-corrected chi connectivity index (χ2v) is 4.31. The van der Waals surface area contributed by atoms with Gasteiger partial charge in [-0.05, 0) is 26.0 Å². The van der Waals surface area contributed by atoms with Gasteiger partial charge >= 0.3 is 11.9 Å². The van der Waals surface area contributed by atoms with Crippen molar-refractivity contribution in [2.24, 2.45) is 0 Å². The highest BCUT2D eigenvalue weighted by atomic mass is 16.4. The monoisotopic (exact) mass is 272 g/mol. The van der Waals surface area contributed by atoms with Crippen LogP contribution in [0.5, 0.6) is 0 Å². The Kier molecular flexibility index (Phi) is 5.47. The molecule has 0 bridgehead atoms. The molecule has 0 atom stereocenters. The van der Waals surface area contributed by atoms with E-state index in [4.69, 9.17) is 10.2 Å². The summed E-state index contributed by atoms with van der Waals surface area (Å²) >= 11 is 0. The number of hydrogen-bond donors (Lipinski definition) is 2. The molecule has 4 heteroatoms. The molecule has 104 valence electrons. The van der Waals surface area contributed by atoms with Crippen LogP contribution in [0.25, 0.3) is 0 Å². The average molecular weight is 272 g/mol. The van der Waals surface area contributed by atoms with Gasteiger partial charge in [-0.25, -0.2) is 9.59 Å². The molecule has 0 saturated carbocycles. The number of rotatable bonds is 2. The Morgan fingerprint density at radius 1 is 0.750 bits per heavy atom. The van der Waals surface area contributed by atoms with E-state index >= 15 is 0 Å². The van der Waals surface area contributed by atoms with Gasteiger partial charge in [0.25, 0.3) is 0 Å². The minimum absolute atomic E-state index is 0.190. The summed E-state index contributed by atoms with van der Waals surface area (Å²) in [6, 6.07) is 13.9. The highest BCUT2D eigenvalue weighted by Gasteiger charge is 2.13. The lowest BCUT2D eigenvalue weighted by atomic mass is 10.1. The molecular formula is C16H16O4. The van der Waals surface area contributed by atoms with Gasteiger partial charge in [-0.2, -0.15) is 0 Å². The van der Waals surface area contributed by atoms with Gasteiger partial charge in [0.15, 0.2) is 0 Å². The van der Waals surface area contributed by atoms with Crippen molar-refractivity contribution in [1.82, 2.24) is 0 Å². The smallest absolute Gasteiger partial charge is 0.336 e. The fourth-order valence-corrected chi connectivity index (χ4v) is 1.66. The Morgan fingerprint density at radius 3 is 1.40 bits per heavy atom. The van der Waals surface area contributed by atoms with Crippen LogP contribution in [0, 0.1) is 13.8 Å². The highest BCUT2D eigenvalue weighted by Crippen LogP contribution is 2.07.